The molecule has 5 heteroatoms. The average molecular weight is 363 g/mol. The summed E-state index contributed by atoms with van der Waals surface area (Å²) in [6.45, 7) is 13.9. The van der Waals surface area contributed by atoms with Crippen LogP contribution >= 0.6 is 0 Å². The lowest BCUT2D eigenvalue weighted by Gasteiger charge is -2.19. The molecule has 0 unspecified atom stereocenters. The van der Waals surface area contributed by atoms with Crippen molar-refractivity contribution in [1.29, 1.82) is 0 Å². The third kappa shape index (κ3) is 6.75. The molecule has 1 N–H and O–H groups in total. The van der Waals surface area contributed by atoms with Crippen LogP contribution in [-0.2, 0) is 17.8 Å². The summed E-state index contributed by atoms with van der Waals surface area (Å²) >= 11 is 0. The van der Waals surface area contributed by atoms with E-state index >= 15 is 0 Å². The molecule has 1 aliphatic rings. The minimum absolute atomic E-state index is 0.163. The highest BCUT2D eigenvalue weighted by Crippen LogP contribution is 2.16. The molecule has 2 heterocycles. The highest BCUT2D eigenvalue weighted by Gasteiger charge is 2.14. The molecule has 1 saturated heterocycles. The summed E-state index contributed by atoms with van der Waals surface area (Å²) in [5.74, 6) is 0.740. The number of hydrogen-bond acceptors (Lipinski definition) is 3. The molecule has 2 rings (SSSR count). The number of likely N-dealkylation sites (tertiary alicyclic amines) is 1. The summed E-state index contributed by atoms with van der Waals surface area (Å²) in [4.78, 5) is 14.7. The van der Waals surface area contributed by atoms with Crippen LogP contribution in [0.15, 0.2) is 0 Å². The normalized spacial score (nSPS) is 16.0. The van der Waals surface area contributed by atoms with E-state index in [0.717, 1.165) is 38.2 Å². The van der Waals surface area contributed by atoms with Crippen molar-refractivity contribution in [2.75, 3.05) is 26.2 Å². The third-order valence-corrected chi connectivity index (χ3v) is 5.34. The molecule has 0 bridgehead atoms. The van der Waals surface area contributed by atoms with Crippen molar-refractivity contribution >= 4 is 5.91 Å². The molecule has 0 atom stereocenters. The van der Waals surface area contributed by atoms with Gasteiger partial charge in [0, 0.05) is 25.2 Å². The maximum atomic E-state index is 12.2. The standard InChI is InChI=1S/C21H38N4O/c1-17(2)16-25-19(4)20(18(3)23-25)10-11-21(26)22-12-9-15-24-13-7-5-6-8-14-24/h17H,5-16H2,1-4H3,(H,22,26). The van der Waals surface area contributed by atoms with Gasteiger partial charge in [-0.3, -0.25) is 9.48 Å². The van der Waals surface area contributed by atoms with Gasteiger partial charge in [-0.1, -0.05) is 26.7 Å². The number of aryl methyl sites for hydroxylation is 1. The average Bonchev–Trinajstić information content (AvgIpc) is 2.78. The summed E-state index contributed by atoms with van der Waals surface area (Å²) in [5, 5.41) is 7.74. The Balaban J connectivity index is 1.67. The van der Waals surface area contributed by atoms with Gasteiger partial charge in [0.2, 0.25) is 5.91 Å². The summed E-state index contributed by atoms with van der Waals surface area (Å²) in [6, 6.07) is 0. The Morgan fingerprint density at radius 2 is 1.85 bits per heavy atom. The molecular formula is C21H38N4O. The molecule has 1 fully saturated rings. The highest BCUT2D eigenvalue weighted by molar-refractivity contribution is 5.76. The van der Waals surface area contributed by atoms with Gasteiger partial charge in [-0.15, -0.1) is 0 Å². The lowest BCUT2D eigenvalue weighted by molar-refractivity contribution is -0.121. The highest BCUT2D eigenvalue weighted by atomic mass is 16.1. The second-order valence-corrected chi connectivity index (χ2v) is 8.18. The SMILES string of the molecule is Cc1nn(CC(C)C)c(C)c1CCC(=O)NCCCN1CCCCCC1. The Bertz CT molecular complexity index is 557. The van der Waals surface area contributed by atoms with E-state index in [1.807, 2.05) is 0 Å². The predicted octanol–water partition coefficient (Wildman–Crippen LogP) is 3.47. The van der Waals surface area contributed by atoms with Crippen LogP contribution < -0.4 is 5.32 Å². The van der Waals surface area contributed by atoms with E-state index in [-0.39, 0.29) is 5.91 Å². The maximum absolute atomic E-state index is 12.2. The van der Waals surface area contributed by atoms with Crippen molar-refractivity contribution < 1.29 is 4.79 Å². The number of amides is 1. The Hall–Kier alpha value is -1.36. The van der Waals surface area contributed by atoms with E-state index in [2.05, 4.69) is 47.7 Å². The second kappa shape index (κ2) is 10.7. The zero-order valence-corrected chi connectivity index (χ0v) is 17.3. The summed E-state index contributed by atoms with van der Waals surface area (Å²) in [6.07, 6.45) is 7.80. The van der Waals surface area contributed by atoms with Gasteiger partial charge in [0.25, 0.3) is 0 Å². The molecule has 0 radical (unpaired) electrons. The molecular weight excluding hydrogens is 324 g/mol. The fourth-order valence-corrected chi connectivity index (χ4v) is 3.84. The number of aromatic nitrogens is 2. The van der Waals surface area contributed by atoms with Gasteiger partial charge in [-0.25, -0.2) is 0 Å². The Labute approximate surface area is 159 Å². The molecule has 26 heavy (non-hydrogen) atoms. The van der Waals surface area contributed by atoms with Crippen molar-refractivity contribution in [3.8, 4) is 0 Å². The fourth-order valence-electron chi connectivity index (χ4n) is 3.84. The molecule has 148 valence electrons. The van der Waals surface area contributed by atoms with Gasteiger partial charge in [0.1, 0.15) is 0 Å². The first-order chi connectivity index (χ1) is 12.5. The summed E-state index contributed by atoms with van der Waals surface area (Å²) in [7, 11) is 0. The first-order valence-electron chi connectivity index (χ1n) is 10.5. The lowest BCUT2D eigenvalue weighted by atomic mass is 10.1. The van der Waals surface area contributed by atoms with E-state index in [1.165, 1.54) is 50.0 Å². The maximum Gasteiger partial charge on any atom is 0.220 e. The van der Waals surface area contributed by atoms with E-state index in [9.17, 15) is 4.79 Å². The van der Waals surface area contributed by atoms with Crippen molar-refractivity contribution in [3.05, 3.63) is 17.0 Å². The summed E-state index contributed by atoms with van der Waals surface area (Å²) in [5.41, 5.74) is 3.52. The van der Waals surface area contributed by atoms with Crippen LogP contribution in [0.1, 0.15) is 69.3 Å². The van der Waals surface area contributed by atoms with Gasteiger partial charge < -0.3 is 10.2 Å². The van der Waals surface area contributed by atoms with Crippen LogP contribution in [0.25, 0.3) is 0 Å². The molecule has 1 amide bonds. The molecule has 5 nitrogen and oxygen atoms in total. The van der Waals surface area contributed by atoms with Crippen LogP contribution in [0.2, 0.25) is 0 Å². The quantitative estimate of drug-likeness (QED) is 0.684. The lowest BCUT2D eigenvalue weighted by Crippen LogP contribution is -2.30. The number of nitrogens with zero attached hydrogens (tertiary/aromatic N) is 3. The van der Waals surface area contributed by atoms with Gasteiger partial charge in [0.15, 0.2) is 0 Å². The Morgan fingerprint density at radius 3 is 2.50 bits per heavy atom. The largest absolute Gasteiger partial charge is 0.356 e. The minimum atomic E-state index is 0.163. The molecule has 0 spiro atoms. The molecule has 0 aromatic carbocycles. The Morgan fingerprint density at radius 1 is 1.15 bits per heavy atom. The smallest absolute Gasteiger partial charge is 0.220 e. The zero-order chi connectivity index (χ0) is 18.9. The number of nitrogens with one attached hydrogen (secondary N) is 1. The van der Waals surface area contributed by atoms with Crippen molar-refractivity contribution in [1.82, 2.24) is 20.0 Å². The van der Waals surface area contributed by atoms with Gasteiger partial charge >= 0.3 is 0 Å². The monoisotopic (exact) mass is 362 g/mol. The zero-order valence-electron chi connectivity index (χ0n) is 17.3. The first-order valence-corrected chi connectivity index (χ1v) is 10.5. The molecule has 0 aliphatic carbocycles. The van der Waals surface area contributed by atoms with E-state index in [1.54, 1.807) is 0 Å². The van der Waals surface area contributed by atoms with E-state index in [0.29, 0.717) is 12.3 Å². The number of hydrogen-bond donors (Lipinski definition) is 1. The van der Waals surface area contributed by atoms with Crippen molar-refractivity contribution in [2.45, 2.75) is 79.2 Å². The molecule has 1 aromatic rings. The fraction of sp³-hybridized carbons (Fsp3) is 0.810. The van der Waals surface area contributed by atoms with Crippen LogP contribution in [0.4, 0.5) is 0 Å². The number of rotatable bonds is 9. The van der Waals surface area contributed by atoms with Gasteiger partial charge in [0.05, 0.1) is 5.69 Å². The van der Waals surface area contributed by atoms with Crippen molar-refractivity contribution in [2.24, 2.45) is 5.92 Å². The minimum Gasteiger partial charge on any atom is -0.356 e. The third-order valence-electron chi connectivity index (χ3n) is 5.34. The van der Waals surface area contributed by atoms with Crippen LogP contribution in [0, 0.1) is 19.8 Å². The van der Waals surface area contributed by atoms with E-state index < -0.39 is 0 Å². The topological polar surface area (TPSA) is 50.2 Å². The van der Waals surface area contributed by atoms with Crippen LogP contribution in [-0.4, -0.2) is 46.8 Å². The molecule has 0 saturated carbocycles. The second-order valence-electron chi connectivity index (χ2n) is 8.18. The first kappa shape index (κ1) is 20.9. The number of carbonyl (C=O) groups is 1. The van der Waals surface area contributed by atoms with Gasteiger partial charge in [-0.2, -0.15) is 5.10 Å². The van der Waals surface area contributed by atoms with Crippen LogP contribution in [0.3, 0.4) is 0 Å². The molecule has 1 aliphatic heterocycles. The Kier molecular flexibility index (Phi) is 8.63. The predicted molar refractivity (Wildman–Crippen MR) is 107 cm³/mol. The van der Waals surface area contributed by atoms with E-state index in [4.69, 9.17) is 0 Å². The molecule has 1 aromatic heterocycles. The van der Waals surface area contributed by atoms with Crippen LogP contribution in [0.5, 0.6) is 0 Å². The van der Waals surface area contributed by atoms with Gasteiger partial charge in [-0.05, 0) is 70.6 Å². The summed E-state index contributed by atoms with van der Waals surface area (Å²) < 4.78 is 2.09. The number of carbonyl (C=O) groups excluding carboxylic acids is 1. The van der Waals surface area contributed by atoms with Crippen molar-refractivity contribution in [3.63, 3.8) is 0 Å².